The number of aliphatic carboxylic acids is 1. The molecule has 0 amide bonds. The van der Waals surface area contributed by atoms with Gasteiger partial charge in [0.1, 0.15) is 0 Å². The van der Waals surface area contributed by atoms with Gasteiger partial charge in [-0.3, -0.25) is 0 Å². The summed E-state index contributed by atoms with van der Waals surface area (Å²) in [5.41, 5.74) is 3.93. The van der Waals surface area contributed by atoms with Crippen LogP contribution in [0.4, 0.5) is 0 Å². The largest absolute Gasteiger partial charge is 0.478 e. The molecule has 1 aromatic carbocycles. The van der Waals surface area contributed by atoms with Crippen molar-refractivity contribution in [2.24, 2.45) is 0 Å². The molecule has 0 unspecified atom stereocenters. The molecule has 0 saturated heterocycles. The zero-order chi connectivity index (χ0) is 16.5. The monoisotopic (exact) mass is 299 g/mol. The molecule has 0 atom stereocenters. The molecule has 0 fully saturated rings. The second-order valence-corrected chi connectivity index (χ2v) is 5.54. The van der Waals surface area contributed by atoms with Gasteiger partial charge in [-0.05, 0) is 38.8 Å². The van der Waals surface area contributed by atoms with Crippen LogP contribution in [-0.2, 0) is 4.79 Å². The highest BCUT2D eigenvalue weighted by molar-refractivity contribution is 5.86. The number of hydrogen-bond donors (Lipinski definition) is 1. The molecule has 0 aliphatic carbocycles. The van der Waals surface area contributed by atoms with Crippen LogP contribution < -0.4 is 0 Å². The van der Waals surface area contributed by atoms with E-state index in [1.54, 1.807) is 13.0 Å². The van der Waals surface area contributed by atoms with Crippen molar-refractivity contribution in [1.29, 1.82) is 0 Å². The number of benzene rings is 1. The number of hydrogen-bond acceptors (Lipinski definition) is 2. The van der Waals surface area contributed by atoms with E-state index in [2.05, 4.69) is 30.0 Å². The highest BCUT2D eigenvalue weighted by atomic mass is 16.4. The molecule has 0 bridgehead atoms. The highest BCUT2D eigenvalue weighted by Gasteiger charge is 2.01. The van der Waals surface area contributed by atoms with E-state index in [4.69, 9.17) is 5.11 Å². The molecule has 1 rings (SSSR count). The van der Waals surface area contributed by atoms with Gasteiger partial charge in [0.2, 0.25) is 0 Å². The van der Waals surface area contributed by atoms with E-state index in [1.807, 2.05) is 38.2 Å². The SMILES string of the molecule is CC(=Cc1ccccc1)CCN(C)C(C)=CC=C(C)C(=O)O. The Bertz CT molecular complexity index is 583. The first-order chi connectivity index (χ1) is 10.4. The van der Waals surface area contributed by atoms with Gasteiger partial charge < -0.3 is 10.0 Å². The van der Waals surface area contributed by atoms with Crippen molar-refractivity contribution in [2.45, 2.75) is 27.2 Å². The standard InChI is InChI=1S/C19H25NO2/c1-15(14-18-8-6-5-7-9-18)12-13-20(4)17(3)11-10-16(2)19(21)22/h5-11,14H,12-13H2,1-4H3,(H,21,22). The van der Waals surface area contributed by atoms with Gasteiger partial charge in [0.15, 0.2) is 0 Å². The molecular formula is C19H25NO2. The van der Waals surface area contributed by atoms with E-state index < -0.39 is 5.97 Å². The summed E-state index contributed by atoms with van der Waals surface area (Å²) in [7, 11) is 2.02. The Labute approximate surface area is 133 Å². The van der Waals surface area contributed by atoms with Crippen molar-refractivity contribution in [1.82, 2.24) is 4.90 Å². The number of rotatable bonds is 7. The van der Waals surface area contributed by atoms with Crippen LogP contribution in [0.3, 0.4) is 0 Å². The fraction of sp³-hybridized carbons (Fsp3) is 0.316. The van der Waals surface area contributed by atoms with Crippen LogP contribution in [0.5, 0.6) is 0 Å². The van der Waals surface area contributed by atoms with Gasteiger partial charge >= 0.3 is 5.97 Å². The first kappa shape index (κ1) is 17.8. The molecule has 0 spiro atoms. The first-order valence-electron chi connectivity index (χ1n) is 7.42. The molecule has 118 valence electrons. The van der Waals surface area contributed by atoms with Crippen molar-refractivity contribution in [3.05, 3.63) is 64.9 Å². The van der Waals surface area contributed by atoms with E-state index in [1.165, 1.54) is 11.1 Å². The zero-order valence-corrected chi connectivity index (χ0v) is 13.8. The maximum absolute atomic E-state index is 10.8. The fourth-order valence-corrected chi connectivity index (χ4v) is 1.87. The average Bonchev–Trinajstić information content (AvgIpc) is 2.50. The van der Waals surface area contributed by atoms with Crippen molar-refractivity contribution >= 4 is 12.0 Å². The summed E-state index contributed by atoms with van der Waals surface area (Å²) in [6.07, 6.45) is 6.65. The van der Waals surface area contributed by atoms with Crippen LogP contribution in [0.1, 0.15) is 32.8 Å². The van der Waals surface area contributed by atoms with E-state index >= 15 is 0 Å². The molecule has 0 aliphatic heterocycles. The number of carbonyl (C=O) groups is 1. The maximum atomic E-state index is 10.8. The number of carboxylic acid groups (broad SMARTS) is 1. The fourth-order valence-electron chi connectivity index (χ4n) is 1.87. The minimum absolute atomic E-state index is 0.341. The molecule has 0 aliphatic rings. The van der Waals surface area contributed by atoms with Gasteiger partial charge in [-0.25, -0.2) is 4.79 Å². The van der Waals surface area contributed by atoms with Gasteiger partial charge in [0.05, 0.1) is 0 Å². The van der Waals surface area contributed by atoms with Gasteiger partial charge in [-0.15, -0.1) is 0 Å². The Morgan fingerprint density at radius 3 is 2.36 bits per heavy atom. The molecule has 0 aromatic heterocycles. The first-order valence-corrected chi connectivity index (χ1v) is 7.42. The molecule has 22 heavy (non-hydrogen) atoms. The van der Waals surface area contributed by atoms with Crippen LogP contribution >= 0.6 is 0 Å². The number of carboxylic acids is 1. The molecule has 0 heterocycles. The van der Waals surface area contributed by atoms with Crippen molar-refractivity contribution in [3.63, 3.8) is 0 Å². The lowest BCUT2D eigenvalue weighted by atomic mass is 10.1. The van der Waals surface area contributed by atoms with E-state index in [0.29, 0.717) is 5.57 Å². The Balaban J connectivity index is 2.56. The van der Waals surface area contributed by atoms with Crippen molar-refractivity contribution in [2.75, 3.05) is 13.6 Å². The summed E-state index contributed by atoms with van der Waals surface area (Å²) in [6, 6.07) is 10.3. The molecule has 1 aromatic rings. The van der Waals surface area contributed by atoms with Crippen LogP contribution in [-0.4, -0.2) is 29.6 Å². The summed E-state index contributed by atoms with van der Waals surface area (Å²) in [5.74, 6) is -0.881. The van der Waals surface area contributed by atoms with E-state index in [9.17, 15) is 4.79 Å². The third-order valence-corrected chi connectivity index (χ3v) is 3.57. The van der Waals surface area contributed by atoms with Gasteiger partial charge in [0, 0.05) is 24.9 Å². The van der Waals surface area contributed by atoms with Gasteiger partial charge in [0.25, 0.3) is 0 Å². The summed E-state index contributed by atoms with van der Waals surface area (Å²) in [5, 5.41) is 8.83. The maximum Gasteiger partial charge on any atom is 0.331 e. The summed E-state index contributed by atoms with van der Waals surface area (Å²) in [6.45, 7) is 6.62. The smallest absolute Gasteiger partial charge is 0.331 e. The third kappa shape index (κ3) is 6.44. The van der Waals surface area contributed by atoms with E-state index in [-0.39, 0.29) is 0 Å². The Hall–Kier alpha value is -2.29. The van der Waals surface area contributed by atoms with Crippen LogP contribution in [0.25, 0.3) is 6.08 Å². The molecule has 0 saturated carbocycles. The summed E-state index contributed by atoms with van der Waals surface area (Å²) in [4.78, 5) is 12.9. The van der Waals surface area contributed by atoms with Crippen LogP contribution in [0.2, 0.25) is 0 Å². The topological polar surface area (TPSA) is 40.5 Å². The average molecular weight is 299 g/mol. The Kier molecular flexibility index (Phi) is 7.17. The molecular weight excluding hydrogens is 274 g/mol. The van der Waals surface area contributed by atoms with Crippen LogP contribution in [0.15, 0.2) is 59.3 Å². The van der Waals surface area contributed by atoms with E-state index in [0.717, 1.165) is 18.7 Å². The van der Waals surface area contributed by atoms with Crippen LogP contribution in [0, 0.1) is 0 Å². The lowest BCUT2D eigenvalue weighted by Gasteiger charge is -2.19. The van der Waals surface area contributed by atoms with Crippen molar-refractivity contribution < 1.29 is 9.90 Å². The summed E-state index contributed by atoms with van der Waals surface area (Å²) >= 11 is 0. The van der Waals surface area contributed by atoms with Crippen molar-refractivity contribution in [3.8, 4) is 0 Å². The number of nitrogens with zero attached hydrogens (tertiary/aromatic N) is 1. The second-order valence-electron chi connectivity index (χ2n) is 5.54. The lowest BCUT2D eigenvalue weighted by molar-refractivity contribution is -0.132. The zero-order valence-electron chi connectivity index (χ0n) is 13.8. The molecule has 3 nitrogen and oxygen atoms in total. The summed E-state index contributed by atoms with van der Waals surface area (Å²) < 4.78 is 0. The highest BCUT2D eigenvalue weighted by Crippen LogP contribution is 2.11. The Morgan fingerprint density at radius 2 is 1.77 bits per heavy atom. The predicted molar refractivity (Wildman–Crippen MR) is 92.5 cm³/mol. The van der Waals surface area contributed by atoms with Gasteiger partial charge in [-0.2, -0.15) is 0 Å². The van der Waals surface area contributed by atoms with Gasteiger partial charge in [-0.1, -0.05) is 48.1 Å². The Morgan fingerprint density at radius 1 is 1.14 bits per heavy atom. The second kappa shape index (κ2) is 8.88. The third-order valence-electron chi connectivity index (χ3n) is 3.57. The predicted octanol–water partition coefficient (Wildman–Crippen LogP) is 4.35. The minimum atomic E-state index is -0.881. The lowest BCUT2D eigenvalue weighted by Crippen LogP contribution is -2.17. The quantitative estimate of drug-likeness (QED) is 0.601. The molecule has 0 radical (unpaired) electrons. The number of allylic oxidation sites excluding steroid dienone is 3. The molecule has 3 heteroatoms. The normalized spacial score (nSPS) is 13.2. The minimum Gasteiger partial charge on any atom is -0.478 e. The molecule has 1 N–H and O–H groups in total.